The third kappa shape index (κ3) is 16.6. The molecule has 1 heterocycles. The molecule has 38 heavy (non-hydrogen) atoms. The molecule has 0 bridgehead atoms. The van der Waals surface area contributed by atoms with Crippen molar-refractivity contribution >= 4 is 30.0 Å². The third-order valence-electron chi connectivity index (χ3n) is 5.46. The Kier molecular flexibility index (Phi) is 16.5. The predicted molar refractivity (Wildman–Crippen MR) is 128 cm³/mol. The van der Waals surface area contributed by atoms with Gasteiger partial charge in [-0.3, -0.25) is 43.7 Å². The second-order valence-corrected chi connectivity index (χ2v) is 8.44. The Bertz CT molecular complexity index is 739. The Balaban J connectivity index is 2.69. The van der Waals surface area contributed by atoms with E-state index in [0.717, 1.165) is 0 Å². The molecule has 0 aromatic heterocycles. The first-order chi connectivity index (χ1) is 18.1. The number of carboxylic acid groups (broad SMARTS) is 3. The molecule has 0 aliphatic carbocycles. The highest BCUT2D eigenvalue weighted by atomic mass is 17.1. The molecule has 1 aliphatic heterocycles. The zero-order valence-electron chi connectivity index (χ0n) is 21.2. The van der Waals surface area contributed by atoms with Crippen molar-refractivity contribution in [3.05, 3.63) is 0 Å². The standard InChI is InChI=1S/C21H37N5O12/c27-17(22-1-10-36-11-12-37-21(34)38-35)13-23-2-4-24(14-18(28)29)6-8-26(16-20(32)33)9-7-25(5-3-23)15-19(30)31/h35H,1-16H2,(H,22,27)(H,28,29)(H,30,31)(H,32,33). The summed E-state index contributed by atoms with van der Waals surface area (Å²) >= 11 is 0. The molecule has 0 aromatic carbocycles. The molecule has 0 aromatic rings. The van der Waals surface area contributed by atoms with E-state index in [9.17, 15) is 39.3 Å². The van der Waals surface area contributed by atoms with Crippen molar-refractivity contribution < 1.29 is 58.9 Å². The van der Waals surface area contributed by atoms with E-state index >= 15 is 0 Å². The Morgan fingerprint density at radius 2 is 1.00 bits per heavy atom. The lowest BCUT2D eigenvalue weighted by Gasteiger charge is -2.32. The summed E-state index contributed by atoms with van der Waals surface area (Å²) in [4.78, 5) is 67.1. The number of hydrogen-bond donors (Lipinski definition) is 5. The van der Waals surface area contributed by atoms with Crippen LogP contribution in [0.5, 0.6) is 0 Å². The van der Waals surface area contributed by atoms with Crippen LogP contribution in [0.2, 0.25) is 0 Å². The molecule has 0 saturated carbocycles. The van der Waals surface area contributed by atoms with E-state index in [0.29, 0.717) is 26.2 Å². The molecular formula is C21H37N5O12. The maximum absolute atomic E-state index is 12.5. The molecule has 1 rings (SSSR count). The molecule has 5 N–H and O–H groups in total. The Morgan fingerprint density at radius 1 is 0.605 bits per heavy atom. The number of carbonyl (C=O) groups is 5. The van der Waals surface area contributed by atoms with Crippen LogP contribution < -0.4 is 5.32 Å². The van der Waals surface area contributed by atoms with Crippen molar-refractivity contribution in [3.63, 3.8) is 0 Å². The maximum Gasteiger partial charge on any atom is 0.540 e. The minimum Gasteiger partial charge on any atom is -0.480 e. The van der Waals surface area contributed by atoms with Crippen molar-refractivity contribution in [1.29, 1.82) is 0 Å². The monoisotopic (exact) mass is 551 g/mol. The first-order valence-electron chi connectivity index (χ1n) is 12.0. The van der Waals surface area contributed by atoms with Crippen LogP contribution in [-0.2, 0) is 33.5 Å². The van der Waals surface area contributed by atoms with E-state index < -0.39 is 24.1 Å². The normalized spacial score (nSPS) is 17.1. The number of nitrogens with one attached hydrogen (secondary N) is 1. The molecule has 0 spiro atoms. The molecular weight excluding hydrogens is 514 g/mol. The predicted octanol–water partition coefficient (Wildman–Crippen LogP) is -2.78. The van der Waals surface area contributed by atoms with E-state index in [1.165, 1.54) is 0 Å². The first kappa shape index (κ1) is 32.9. The summed E-state index contributed by atoms with van der Waals surface area (Å²) in [5.41, 5.74) is 0. The lowest BCUT2D eigenvalue weighted by molar-refractivity contribution is -0.201. The van der Waals surface area contributed by atoms with E-state index in [1.807, 2.05) is 0 Å². The van der Waals surface area contributed by atoms with Crippen molar-refractivity contribution in [2.45, 2.75) is 0 Å². The summed E-state index contributed by atoms with van der Waals surface area (Å²) in [5, 5.41) is 38.5. The van der Waals surface area contributed by atoms with Crippen LogP contribution in [0.15, 0.2) is 0 Å². The van der Waals surface area contributed by atoms with Crippen LogP contribution in [0.4, 0.5) is 4.79 Å². The number of aliphatic carboxylic acids is 3. The summed E-state index contributed by atoms with van der Waals surface area (Å²) in [7, 11) is 0. The van der Waals surface area contributed by atoms with Gasteiger partial charge in [0.15, 0.2) is 0 Å². The van der Waals surface area contributed by atoms with E-state index in [1.54, 1.807) is 19.6 Å². The summed E-state index contributed by atoms with van der Waals surface area (Å²) < 4.78 is 9.61. The largest absolute Gasteiger partial charge is 0.540 e. The first-order valence-corrected chi connectivity index (χ1v) is 12.0. The highest BCUT2D eigenvalue weighted by molar-refractivity contribution is 5.78. The lowest BCUT2D eigenvalue weighted by atomic mass is 10.3. The van der Waals surface area contributed by atoms with Crippen molar-refractivity contribution in [1.82, 2.24) is 24.9 Å². The molecule has 0 atom stereocenters. The quantitative estimate of drug-likeness (QED) is 0.0638. The Hall–Kier alpha value is -3.09. The van der Waals surface area contributed by atoms with Gasteiger partial charge < -0.3 is 30.1 Å². The maximum atomic E-state index is 12.5. The van der Waals surface area contributed by atoms with Crippen LogP contribution in [0, 0.1) is 0 Å². The van der Waals surface area contributed by atoms with Gasteiger partial charge in [-0.05, 0) is 0 Å². The molecule has 0 unspecified atom stereocenters. The molecule has 17 heteroatoms. The van der Waals surface area contributed by atoms with E-state index in [2.05, 4.69) is 14.9 Å². The average Bonchev–Trinajstić information content (AvgIpc) is 2.83. The van der Waals surface area contributed by atoms with Gasteiger partial charge in [0, 0.05) is 58.9 Å². The highest BCUT2D eigenvalue weighted by Gasteiger charge is 2.21. The number of rotatable bonds is 14. The fraction of sp³-hybridized carbons (Fsp3) is 0.762. The van der Waals surface area contributed by atoms with Gasteiger partial charge in [0.1, 0.15) is 6.61 Å². The molecule has 17 nitrogen and oxygen atoms in total. The van der Waals surface area contributed by atoms with Crippen molar-refractivity contribution in [3.8, 4) is 0 Å². The van der Waals surface area contributed by atoms with Crippen LogP contribution >= 0.6 is 0 Å². The molecule has 1 saturated heterocycles. The number of nitrogens with zero attached hydrogens (tertiary/aromatic N) is 4. The SMILES string of the molecule is O=C(O)CN1CCN(CC(=O)O)CCN(CC(=O)NCCOCCOC(=O)OO)CCN(CC(=O)O)CC1. The summed E-state index contributed by atoms with van der Waals surface area (Å²) in [6, 6.07) is 0. The number of carbonyl (C=O) groups excluding carboxylic acids is 2. The van der Waals surface area contributed by atoms with Gasteiger partial charge in [-0.25, -0.2) is 4.79 Å². The average molecular weight is 552 g/mol. The van der Waals surface area contributed by atoms with Crippen LogP contribution in [0.1, 0.15) is 0 Å². The number of hydrogen-bond acceptors (Lipinski definition) is 13. The number of carboxylic acids is 3. The van der Waals surface area contributed by atoms with Crippen LogP contribution in [0.3, 0.4) is 0 Å². The minimum atomic E-state index is -1.26. The topological polar surface area (TPSA) is 219 Å². The highest BCUT2D eigenvalue weighted by Crippen LogP contribution is 2.01. The van der Waals surface area contributed by atoms with Gasteiger partial charge in [-0.2, -0.15) is 5.26 Å². The molecule has 0 radical (unpaired) electrons. The molecule has 218 valence electrons. The number of amides is 1. The molecule has 1 fully saturated rings. The van der Waals surface area contributed by atoms with E-state index in [-0.39, 0.29) is 84.6 Å². The second kappa shape index (κ2) is 19.0. The summed E-state index contributed by atoms with van der Waals surface area (Å²) in [6.45, 7) is 1.84. The van der Waals surface area contributed by atoms with Gasteiger partial charge in [-0.15, -0.1) is 0 Å². The Morgan fingerprint density at radius 3 is 1.37 bits per heavy atom. The summed E-state index contributed by atoms with van der Waals surface area (Å²) in [6.07, 6.45) is -1.26. The molecule has 1 aliphatic rings. The smallest absolute Gasteiger partial charge is 0.480 e. The van der Waals surface area contributed by atoms with Crippen molar-refractivity contribution in [2.75, 3.05) is 105 Å². The van der Waals surface area contributed by atoms with Crippen LogP contribution in [-0.4, -0.2) is 175 Å². The lowest BCUT2D eigenvalue weighted by Crippen LogP contribution is -2.50. The molecule has 1 amide bonds. The zero-order chi connectivity index (χ0) is 28.3. The second-order valence-electron chi connectivity index (χ2n) is 8.44. The van der Waals surface area contributed by atoms with Crippen molar-refractivity contribution in [2.24, 2.45) is 0 Å². The van der Waals surface area contributed by atoms with Crippen LogP contribution in [0.25, 0.3) is 0 Å². The van der Waals surface area contributed by atoms with E-state index in [4.69, 9.17) is 9.99 Å². The summed E-state index contributed by atoms with van der Waals surface area (Å²) in [5.74, 6) is -3.41. The van der Waals surface area contributed by atoms with Gasteiger partial charge in [0.05, 0.1) is 39.4 Å². The van der Waals surface area contributed by atoms with Gasteiger partial charge in [0.2, 0.25) is 5.91 Å². The minimum absolute atomic E-state index is 0.0155. The fourth-order valence-corrected chi connectivity index (χ4v) is 3.62. The third-order valence-corrected chi connectivity index (χ3v) is 5.46. The Labute approximate surface area is 219 Å². The number of ether oxygens (including phenoxy) is 2. The zero-order valence-corrected chi connectivity index (χ0v) is 21.2. The van der Waals surface area contributed by atoms with Gasteiger partial charge in [0.25, 0.3) is 0 Å². The fourth-order valence-electron chi connectivity index (χ4n) is 3.62. The van der Waals surface area contributed by atoms with Gasteiger partial charge >= 0.3 is 24.1 Å². The van der Waals surface area contributed by atoms with Gasteiger partial charge in [-0.1, -0.05) is 0 Å².